The minimum Gasteiger partial charge on any atom is -0.482 e. The molecule has 7 heteroatoms. The molecule has 2 aliphatic heterocycles. The number of piperazine rings is 1. The molecule has 2 saturated heterocycles. The van der Waals surface area contributed by atoms with E-state index in [1.165, 1.54) is 6.42 Å². The summed E-state index contributed by atoms with van der Waals surface area (Å²) >= 11 is 6.39. The molecule has 0 unspecified atom stereocenters. The van der Waals surface area contributed by atoms with Crippen LogP contribution in [0.1, 0.15) is 19.3 Å². The van der Waals surface area contributed by atoms with Gasteiger partial charge >= 0.3 is 0 Å². The lowest BCUT2D eigenvalue weighted by molar-refractivity contribution is -0.136. The number of hydrogen-bond acceptors (Lipinski definition) is 4. The SMILES string of the molecule is O=C(COc1ccc(-c2ccccc2)cc1Cl)N1CCN(CC(=O)N2CCCCC2)CC1. The predicted molar refractivity (Wildman–Crippen MR) is 126 cm³/mol. The molecule has 32 heavy (non-hydrogen) atoms. The Kier molecular flexibility index (Phi) is 7.66. The Hall–Kier alpha value is -2.57. The fourth-order valence-electron chi connectivity index (χ4n) is 4.25. The van der Waals surface area contributed by atoms with Gasteiger partial charge in [-0.2, -0.15) is 0 Å². The smallest absolute Gasteiger partial charge is 0.260 e. The van der Waals surface area contributed by atoms with Crippen LogP contribution in [-0.4, -0.2) is 78.9 Å². The van der Waals surface area contributed by atoms with E-state index in [9.17, 15) is 9.59 Å². The van der Waals surface area contributed by atoms with Gasteiger partial charge in [-0.05, 0) is 42.5 Å². The summed E-state index contributed by atoms with van der Waals surface area (Å²) in [6.07, 6.45) is 3.43. The highest BCUT2D eigenvalue weighted by Crippen LogP contribution is 2.30. The number of amides is 2. The summed E-state index contributed by atoms with van der Waals surface area (Å²) in [6.45, 7) is 4.79. The second kappa shape index (κ2) is 10.8. The maximum Gasteiger partial charge on any atom is 0.260 e. The van der Waals surface area contributed by atoms with E-state index in [1.807, 2.05) is 53.4 Å². The van der Waals surface area contributed by atoms with Crippen LogP contribution in [0.15, 0.2) is 48.5 Å². The van der Waals surface area contributed by atoms with Gasteiger partial charge in [-0.15, -0.1) is 0 Å². The zero-order valence-electron chi connectivity index (χ0n) is 18.3. The number of benzene rings is 2. The fraction of sp³-hybridized carbons (Fsp3) is 0.440. The van der Waals surface area contributed by atoms with Crippen LogP contribution in [0.2, 0.25) is 5.02 Å². The van der Waals surface area contributed by atoms with Crippen LogP contribution in [0.4, 0.5) is 0 Å². The molecule has 6 nitrogen and oxygen atoms in total. The monoisotopic (exact) mass is 455 g/mol. The van der Waals surface area contributed by atoms with Gasteiger partial charge in [-0.3, -0.25) is 14.5 Å². The normalized spacial score (nSPS) is 17.3. The quantitative estimate of drug-likeness (QED) is 0.668. The van der Waals surface area contributed by atoms with Crippen molar-refractivity contribution in [1.82, 2.24) is 14.7 Å². The third-order valence-corrected chi connectivity index (χ3v) is 6.48. The average Bonchev–Trinajstić information content (AvgIpc) is 2.84. The van der Waals surface area contributed by atoms with Crippen molar-refractivity contribution in [2.45, 2.75) is 19.3 Å². The Morgan fingerprint density at radius 3 is 2.16 bits per heavy atom. The van der Waals surface area contributed by atoms with Crippen LogP contribution in [0, 0.1) is 0 Å². The predicted octanol–water partition coefficient (Wildman–Crippen LogP) is 3.54. The molecule has 0 N–H and O–H groups in total. The summed E-state index contributed by atoms with van der Waals surface area (Å²) in [5.41, 5.74) is 2.08. The van der Waals surface area contributed by atoms with Crippen molar-refractivity contribution < 1.29 is 14.3 Å². The van der Waals surface area contributed by atoms with Crippen LogP contribution < -0.4 is 4.74 Å². The largest absolute Gasteiger partial charge is 0.482 e. The van der Waals surface area contributed by atoms with Gasteiger partial charge in [0.25, 0.3) is 5.91 Å². The van der Waals surface area contributed by atoms with E-state index in [4.69, 9.17) is 16.3 Å². The molecule has 170 valence electrons. The van der Waals surface area contributed by atoms with Gasteiger partial charge in [0.05, 0.1) is 11.6 Å². The molecule has 2 amide bonds. The molecule has 0 atom stereocenters. The number of piperidine rings is 1. The van der Waals surface area contributed by atoms with E-state index in [1.54, 1.807) is 4.90 Å². The molecule has 0 bridgehead atoms. The van der Waals surface area contributed by atoms with Gasteiger partial charge in [0, 0.05) is 39.3 Å². The van der Waals surface area contributed by atoms with Gasteiger partial charge in [-0.1, -0.05) is 48.0 Å². The summed E-state index contributed by atoms with van der Waals surface area (Å²) in [7, 11) is 0. The molecule has 2 heterocycles. The molecule has 4 rings (SSSR count). The van der Waals surface area contributed by atoms with Gasteiger partial charge in [-0.25, -0.2) is 0 Å². The van der Waals surface area contributed by atoms with E-state index < -0.39 is 0 Å². The van der Waals surface area contributed by atoms with Crippen LogP contribution in [-0.2, 0) is 9.59 Å². The molecular formula is C25H30ClN3O3. The second-order valence-corrected chi connectivity index (χ2v) is 8.81. The van der Waals surface area contributed by atoms with E-state index >= 15 is 0 Å². The number of halogens is 1. The fourth-order valence-corrected chi connectivity index (χ4v) is 4.48. The second-order valence-electron chi connectivity index (χ2n) is 8.40. The highest BCUT2D eigenvalue weighted by Gasteiger charge is 2.25. The van der Waals surface area contributed by atoms with E-state index in [2.05, 4.69) is 4.90 Å². The van der Waals surface area contributed by atoms with Gasteiger partial charge in [0.2, 0.25) is 5.91 Å². The van der Waals surface area contributed by atoms with Crippen molar-refractivity contribution in [3.63, 3.8) is 0 Å². The van der Waals surface area contributed by atoms with Gasteiger partial charge in [0.15, 0.2) is 6.61 Å². The molecule has 2 aromatic rings. The third-order valence-electron chi connectivity index (χ3n) is 6.18. The minimum absolute atomic E-state index is 0.0445. The summed E-state index contributed by atoms with van der Waals surface area (Å²) in [5.74, 6) is 0.655. The zero-order chi connectivity index (χ0) is 22.3. The first-order valence-corrected chi connectivity index (χ1v) is 11.7. The molecule has 2 fully saturated rings. The van der Waals surface area contributed by atoms with Crippen molar-refractivity contribution in [1.29, 1.82) is 0 Å². The molecule has 0 saturated carbocycles. The van der Waals surface area contributed by atoms with Crippen LogP contribution in [0.3, 0.4) is 0 Å². The Labute approximate surface area is 194 Å². The number of rotatable bonds is 6. The number of carbonyl (C=O) groups is 2. The summed E-state index contributed by atoms with van der Waals surface area (Å²) < 4.78 is 5.72. The molecular weight excluding hydrogens is 426 g/mol. The number of likely N-dealkylation sites (tertiary alicyclic amines) is 1. The Morgan fingerprint density at radius 1 is 0.781 bits per heavy atom. The minimum atomic E-state index is -0.0600. The highest BCUT2D eigenvalue weighted by atomic mass is 35.5. The van der Waals surface area contributed by atoms with Crippen LogP contribution in [0.25, 0.3) is 11.1 Å². The molecule has 2 aromatic carbocycles. The Bertz CT molecular complexity index is 923. The van der Waals surface area contributed by atoms with Crippen molar-refractivity contribution in [3.05, 3.63) is 53.6 Å². The number of carbonyl (C=O) groups excluding carboxylic acids is 2. The summed E-state index contributed by atoms with van der Waals surface area (Å²) in [6, 6.07) is 15.6. The summed E-state index contributed by atoms with van der Waals surface area (Å²) in [5, 5.41) is 0.486. The lowest BCUT2D eigenvalue weighted by atomic mass is 10.1. The molecule has 0 aromatic heterocycles. The van der Waals surface area contributed by atoms with Crippen molar-refractivity contribution in [2.24, 2.45) is 0 Å². The lowest BCUT2D eigenvalue weighted by Crippen LogP contribution is -2.52. The van der Waals surface area contributed by atoms with Gasteiger partial charge < -0.3 is 14.5 Å². The Morgan fingerprint density at radius 2 is 1.47 bits per heavy atom. The van der Waals surface area contributed by atoms with E-state index in [-0.39, 0.29) is 18.4 Å². The van der Waals surface area contributed by atoms with Crippen LogP contribution in [0.5, 0.6) is 5.75 Å². The summed E-state index contributed by atoms with van der Waals surface area (Å²) in [4.78, 5) is 31.0. The Balaban J connectivity index is 1.22. The van der Waals surface area contributed by atoms with Crippen LogP contribution >= 0.6 is 11.6 Å². The van der Waals surface area contributed by atoms with Crippen molar-refractivity contribution in [3.8, 4) is 16.9 Å². The molecule has 0 aliphatic carbocycles. The highest BCUT2D eigenvalue weighted by molar-refractivity contribution is 6.32. The van der Waals surface area contributed by atoms with Crippen molar-refractivity contribution in [2.75, 3.05) is 52.4 Å². The standard InChI is InChI=1S/C25H30ClN3O3/c26-22-17-21(20-7-3-1-4-8-20)9-10-23(22)32-19-25(31)29-15-13-27(14-16-29)18-24(30)28-11-5-2-6-12-28/h1,3-4,7-10,17H,2,5-6,11-16,18-19H2. The topological polar surface area (TPSA) is 53.1 Å². The lowest BCUT2D eigenvalue weighted by Gasteiger charge is -2.36. The molecule has 0 radical (unpaired) electrons. The number of hydrogen-bond donors (Lipinski definition) is 0. The average molecular weight is 456 g/mol. The number of ether oxygens (including phenoxy) is 1. The molecule has 0 spiro atoms. The maximum absolute atomic E-state index is 12.6. The first kappa shape index (κ1) is 22.6. The third kappa shape index (κ3) is 5.81. The first-order chi connectivity index (χ1) is 15.6. The zero-order valence-corrected chi connectivity index (χ0v) is 19.1. The van der Waals surface area contributed by atoms with E-state index in [0.29, 0.717) is 43.5 Å². The molecule has 2 aliphatic rings. The van der Waals surface area contributed by atoms with E-state index in [0.717, 1.165) is 37.1 Å². The number of nitrogens with zero attached hydrogens (tertiary/aromatic N) is 3. The first-order valence-electron chi connectivity index (χ1n) is 11.4. The van der Waals surface area contributed by atoms with Crippen molar-refractivity contribution >= 4 is 23.4 Å². The maximum atomic E-state index is 12.6. The van der Waals surface area contributed by atoms with Gasteiger partial charge in [0.1, 0.15) is 5.75 Å².